The Morgan fingerprint density at radius 1 is 0.938 bits per heavy atom. The summed E-state index contributed by atoms with van der Waals surface area (Å²) in [5, 5.41) is 8.61. The maximum absolute atomic E-state index is 12.1. The second-order valence-electron chi connectivity index (χ2n) is 4.16. The Balaban J connectivity index is 2.13. The van der Waals surface area contributed by atoms with E-state index in [1.165, 1.54) is 4.90 Å². The number of halogens is 3. The van der Waals surface area contributed by atoms with Crippen molar-refractivity contribution in [2.24, 2.45) is 0 Å². The number of unbranched alkanes of at least 4 members (excludes halogenated alkanes) is 1. The number of hydrogen-bond donors (Lipinski definition) is 1. The van der Waals surface area contributed by atoms with Gasteiger partial charge in [-0.05, 0) is 19.4 Å². The molecule has 0 saturated carbocycles. The predicted octanol–water partition coefficient (Wildman–Crippen LogP) is 0.939. The van der Waals surface area contributed by atoms with Crippen molar-refractivity contribution in [3.05, 3.63) is 0 Å². The second-order valence-corrected chi connectivity index (χ2v) is 4.16. The molecular formula is C10H19F3N2O. The van der Waals surface area contributed by atoms with E-state index in [2.05, 4.69) is 4.90 Å². The highest BCUT2D eigenvalue weighted by atomic mass is 19.4. The Morgan fingerprint density at radius 2 is 1.50 bits per heavy atom. The lowest BCUT2D eigenvalue weighted by Gasteiger charge is -2.34. The number of piperazine rings is 1. The number of hydrogen-bond acceptors (Lipinski definition) is 3. The van der Waals surface area contributed by atoms with Gasteiger partial charge in [0.05, 0.1) is 6.54 Å². The molecule has 0 aromatic heterocycles. The van der Waals surface area contributed by atoms with Gasteiger partial charge >= 0.3 is 6.18 Å². The van der Waals surface area contributed by atoms with E-state index in [4.69, 9.17) is 5.11 Å². The molecule has 1 fully saturated rings. The first-order chi connectivity index (χ1) is 7.51. The van der Waals surface area contributed by atoms with E-state index in [0.29, 0.717) is 26.2 Å². The molecule has 0 radical (unpaired) electrons. The predicted molar refractivity (Wildman–Crippen MR) is 55.3 cm³/mol. The first kappa shape index (κ1) is 13.7. The fraction of sp³-hybridized carbons (Fsp3) is 1.00. The van der Waals surface area contributed by atoms with E-state index < -0.39 is 12.7 Å². The van der Waals surface area contributed by atoms with Gasteiger partial charge in [-0.15, -0.1) is 0 Å². The molecule has 1 heterocycles. The van der Waals surface area contributed by atoms with Crippen LogP contribution in [0, 0.1) is 0 Å². The number of nitrogens with zero attached hydrogens (tertiary/aromatic N) is 2. The summed E-state index contributed by atoms with van der Waals surface area (Å²) in [4.78, 5) is 3.60. The van der Waals surface area contributed by atoms with E-state index in [1.54, 1.807) is 0 Å². The molecule has 16 heavy (non-hydrogen) atoms. The van der Waals surface area contributed by atoms with Crippen molar-refractivity contribution in [2.45, 2.75) is 19.0 Å². The van der Waals surface area contributed by atoms with Gasteiger partial charge in [-0.3, -0.25) is 4.90 Å². The summed E-state index contributed by atoms with van der Waals surface area (Å²) < 4.78 is 36.3. The van der Waals surface area contributed by atoms with Crippen LogP contribution in [-0.2, 0) is 0 Å². The highest BCUT2D eigenvalue weighted by Crippen LogP contribution is 2.17. The zero-order chi connectivity index (χ0) is 12.0. The van der Waals surface area contributed by atoms with E-state index in [-0.39, 0.29) is 6.61 Å². The molecule has 96 valence electrons. The lowest BCUT2D eigenvalue weighted by Crippen LogP contribution is -2.49. The zero-order valence-corrected chi connectivity index (χ0v) is 9.34. The largest absolute Gasteiger partial charge is 0.401 e. The van der Waals surface area contributed by atoms with Gasteiger partial charge in [-0.1, -0.05) is 0 Å². The molecule has 0 aromatic rings. The van der Waals surface area contributed by atoms with Gasteiger partial charge < -0.3 is 10.0 Å². The Bertz CT molecular complexity index is 191. The molecule has 0 aromatic carbocycles. The average molecular weight is 240 g/mol. The normalized spacial score (nSPS) is 20.2. The molecule has 1 aliphatic heterocycles. The van der Waals surface area contributed by atoms with Gasteiger partial charge in [0.1, 0.15) is 0 Å². The van der Waals surface area contributed by atoms with E-state index in [9.17, 15) is 13.2 Å². The third-order valence-corrected chi connectivity index (χ3v) is 2.75. The van der Waals surface area contributed by atoms with Gasteiger partial charge in [-0.2, -0.15) is 13.2 Å². The van der Waals surface area contributed by atoms with Crippen LogP contribution >= 0.6 is 0 Å². The van der Waals surface area contributed by atoms with Gasteiger partial charge in [0.2, 0.25) is 0 Å². The third kappa shape index (κ3) is 5.67. The van der Waals surface area contributed by atoms with Crippen LogP contribution in [0.2, 0.25) is 0 Å². The van der Waals surface area contributed by atoms with Crippen molar-refractivity contribution >= 4 is 0 Å². The van der Waals surface area contributed by atoms with Crippen LogP contribution in [0.15, 0.2) is 0 Å². The molecule has 0 spiro atoms. The minimum Gasteiger partial charge on any atom is -0.396 e. The first-order valence-corrected chi connectivity index (χ1v) is 5.63. The molecule has 6 heteroatoms. The Morgan fingerprint density at radius 3 is 2.00 bits per heavy atom. The Kier molecular flexibility index (Phi) is 5.51. The van der Waals surface area contributed by atoms with Gasteiger partial charge in [0.15, 0.2) is 0 Å². The molecule has 1 rings (SSSR count). The fourth-order valence-corrected chi connectivity index (χ4v) is 1.87. The summed E-state index contributed by atoms with van der Waals surface area (Å²) in [6.07, 6.45) is -2.41. The highest BCUT2D eigenvalue weighted by molar-refractivity contribution is 4.73. The van der Waals surface area contributed by atoms with Crippen LogP contribution in [0.1, 0.15) is 12.8 Å². The molecule has 0 aliphatic carbocycles. The van der Waals surface area contributed by atoms with Crippen molar-refractivity contribution < 1.29 is 18.3 Å². The summed E-state index contributed by atoms with van der Waals surface area (Å²) in [5.74, 6) is 0. The summed E-state index contributed by atoms with van der Waals surface area (Å²) in [6.45, 7) is 2.63. The van der Waals surface area contributed by atoms with Gasteiger partial charge in [-0.25, -0.2) is 0 Å². The maximum Gasteiger partial charge on any atom is 0.401 e. The maximum atomic E-state index is 12.1. The summed E-state index contributed by atoms with van der Waals surface area (Å²) in [6, 6.07) is 0. The summed E-state index contributed by atoms with van der Waals surface area (Å²) >= 11 is 0. The van der Waals surface area contributed by atoms with Crippen molar-refractivity contribution in [1.29, 1.82) is 0 Å². The minimum absolute atomic E-state index is 0.189. The van der Waals surface area contributed by atoms with Crippen LogP contribution in [0.25, 0.3) is 0 Å². The third-order valence-electron chi connectivity index (χ3n) is 2.75. The van der Waals surface area contributed by atoms with E-state index >= 15 is 0 Å². The van der Waals surface area contributed by atoms with Crippen LogP contribution < -0.4 is 0 Å². The van der Waals surface area contributed by atoms with Crippen LogP contribution in [-0.4, -0.2) is 67.0 Å². The van der Waals surface area contributed by atoms with E-state index in [1.807, 2.05) is 0 Å². The van der Waals surface area contributed by atoms with E-state index in [0.717, 1.165) is 19.4 Å². The smallest absolute Gasteiger partial charge is 0.396 e. The molecule has 1 saturated heterocycles. The van der Waals surface area contributed by atoms with Crippen molar-refractivity contribution in [3.8, 4) is 0 Å². The number of rotatable bonds is 5. The summed E-state index contributed by atoms with van der Waals surface area (Å²) in [5.41, 5.74) is 0. The molecule has 0 atom stereocenters. The molecule has 0 amide bonds. The molecular weight excluding hydrogens is 221 g/mol. The lowest BCUT2D eigenvalue weighted by molar-refractivity contribution is -0.149. The van der Waals surface area contributed by atoms with Crippen molar-refractivity contribution in [2.75, 3.05) is 45.9 Å². The molecule has 1 N–H and O–H groups in total. The Hall–Kier alpha value is -0.330. The van der Waals surface area contributed by atoms with Gasteiger partial charge in [0, 0.05) is 32.8 Å². The van der Waals surface area contributed by atoms with Crippen molar-refractivity contribution in [3.63, 3.8) is 0 Å². The van der Waals surface area contributed by atoms with Crippen molar-refractivity contribution in [1.82, 2.24) is 9.80 Å². The SMILES string of the molecule is OCCCCN1CCN(CC(F)(F)F)CC1. The molecule has 0 bridgehead atoms. The fourth-order valence-electron chi connectivity index (χ4n) is 1.87. The zero-order valence-electron chi connectivity index (χ0n) is 9.34. The lowest BCUT2D eigenvalue weighted by atomic mass is 10.2. The number of aliphatic hydroxyl groups is 1. The monoisotopic (exact) mass is 240 g/mol. The Labute approximate surface area is 93.8 Å². The summed E-state index contributed by atoms with van der Waals surface area (Å²) in [7, 11) is 0. The minimum atomic E-state index is -4.08. The molecule has 0 unspecified atom stereocenters. The van der Waals surface area contributed by atoms with Crippen LogP contribution in [0.3, 0.4) is 0 Å². The second kappa shape index (κ2) is 6.42. The average Bonchev–Trinajstić information content (AvgIpc) is 2.19. The van der Waals surface area contributed by atoms with Gasteiger partial charge in [0.25, 0.3) is 0 Å². The molecule has 3 nitrogen and oxygen atoms in total. The van der Waals surface area contributed by atoms with Crippen LogP contribution in [0.4, 0.5) is 13.2 Å². The first-order valence-electron chi connectivity index (χ1n) is 5.63. The topological polar surface area (TPSA) is 26.7 Å². The van der Waals surface area contributed by atoms with Crippen LogP contribution in [0.5, 0.6) is 0 Å². The highest BCUT2D eigenvalue weighted by Gasteiger charge is 2.31. The standard InChI is InChI=1S/C10H19F3N2O/c11-10(12,13)9-15-6-4-14(5-7-15)3-1-2-8-16/h16H,1-9H2. The number of alkyl halides is 3. The number of aliphatic hydroxyl groups excluding tert-OH is 1. The molecule has 1 aliphatic rings. The quantitative estimate of drug-likeness (QED) is 0.724.